The van der Waals surface area contributed by atoms with E-state index in [-0.39, 0.29) is 25.0 Å². The van der Waals surface area contributed by atoms with E-state index in [1.807, 2.05) is 0 Å². The Kier molecular flexibility index (Phi) is 4.70. The lowest BCUT2D eigenvalue weighted by atomic mass is 9.91. The van der Waals surface area contributed by atoms with Crippen LogP contribution in [0.1, 0.15) is 26.7 Å². The fraction of sp³-hybridized carbons (Fsp3) is 0.909. The standard InChI is InChI=1S/C11H22N2O3/c1-8-5-9(3-4-12-8)10(16)13-11(2,6-14)7-15/h8-9,12,14-15H,3-7H2,1-2H3,(H,13,16). The summed E-state index contributed by atoms with van der Waals surface area (Å²) in [5.74, 6) is -0.0902. The lowest BCUT2D eigenvalue weighted by Crippen LogP contribution is -2.54. The lowest BCUT2D eigenvalue weighted by molar-refractivity contribution is -0.129. The van der Waals surface area contributed by atoms with Crippen LogP contribution in [0.3, 0.4) is 0 Å². The van der Waals surface area contributed by atoms with E-state index in [1.165, 1.54) is 0 Å². The third-order valence-electron chi connectivity index (χ3n) is 3.12. The summed E-state index contributed by atoms with van der Waals surface area (Å²) >= 11 is 0. The normalized spacial score (nSPS) is 26.5. The highest BCUT2D eigenvalue weighted by atomic mass is 16.3. The van der Waals surface area contributed by atoms with Crippen LogP contribution in [0.2, 0.25) is 0 Å². The summed E-state index contributed by atoms with van der Waals surface area (Å²) in [6, 6.07) is 0.346. The van der Waals surface area contributed by atoms with Crippen molar-refractivity contribution in [2.24, 2.45) is 5.92 Å². The highest BCUT2D eigenvalue weighted by molar-refractivity contribution is 5.79. The zero-order chi connectivity index (χ0) is 12.2. The van der Waals surface area contributed by atoms with Gasteiger partial charge in [-0.05, 0) is 33.2 Å². The second-order valence-electron chi connectivity index (χ2n) is 4.94. The monoisotopic (exact) mass is 230 g/mol. The van der Waals surface area contributed by atoms with Crippen molar-refractivity contribution in [3.05, 3.63) is 0 Å². The summed E-state index contributed by atoms with van der Waals surface area (Å²) in [4.78, 5) is 11.9. The number of hydrogen-bond acceptors (Lipinski definition) is 4. The third-order valence-corrected chi connectivity index (χ3v) is 3.12. The van der Waals surface area contributed by atoms with Crippen LogP contribution >= 0.6 is 0 Å². The molecular formula is C11H22N2O3. The number of aliphatic hydroxyl groups is 2. The van der Waals surface area contributed by atoms with Crippen LogP contribution in [0.4, 0.5) is 0 Å². The number of rotatable bonds is 4. The van der Waals surface area contributed by atoms with Crippen LogP contribution in [0.5, 0.6) is 0 Å². The van der Waals surface area contributed by atoms with Crippen LogP contribution in [-0.4, -0.2) is 47.5 Å². The van der Waals surface area contributed by atoms with Crippen LogP contribution in [0.25, 0.3) is 0 Å². The maximum Gasteiger partial charge on any atom is 0.223 e. The molecule has 2 unspecified atom stereocenters. The van der Waals surface area contributed by atoms with Gasteiger partial charge in [0, 0.05) is 12.0 Å². The van der Waals surface area contributed by atoms with E-state index in [0.717, 1.165) is 19.4 Å². The molecule has 1 amide bonds. The first-order valence-electron chi connectivity index (χ1n) is 5.78. The zero-order valence-electron chi connectivity index (χ0n) is 9.99. The van der Waals surface area contributed by atoms with Crippen LogP contribution < -0.4 is 10.6 Å². The molecule has 1 aliphatic rings. The maximum absolute atomic E-state index is 11.9. The Bertz CT molecular complexity index is 241. The van der Waals surface area contributed by atoms with Gasteiger partial charge in [0.2, 0.25) is 5.91 Å². The fourth-order valence-corrected chi connectivity index (χ4v) is 1.90. The molecule has 5 heteroatoms. The molecule has 1 fully saturated rings. The van der Waals surface area contributed by atoms with Crippen molar-refractivity contribution in [3.8, 4) is 0 Å². The minimum Gasteiger partial charge on any atom is -0.394 e. The Balaban J connectivity index is 2.51. The summed E-state index contributed by atoms with van der Waals surface area (Å²) in [5, 5.41) is 24.2. The van der Waals surface area contributed by atoms with Crippen molar-refractivity contribution in [2.45, 2.75) is 38.3 Å². The first-order valence-corrected chi connectivity index (χ1v) is 5.78. The summed E-state index contributed by atoms with van der Waals surface area (Å²) in [5.41, 5.74) is -0.912. The lowest BCUT2D eigenvalue weighted by Gasteiger charge is -2.32. The Morgan fingerprint density at radius 1 is 1.50 bits per heavy atom. The second kappa shape index (κ2) is 5.61. The van der Waals surface area contributed by atoms with Crippen LogP contribution in [-0.2, 0) is 4.79 Å². The Labute approximate surface area is 96.2 Å². The van der Waals surface area contributed by atoms with Crippen molar-refractivity contribution < 1.29 is 15.0 Å². The van der Waals surface area contributed by atoms with Crippen molar-refractivity contribution >= 4 is 5.91 Å². The van der Waals surface area contributed by atoms with E-state index in [0.29, 0.717) is 6.04 Å². The minimum absolute atomic E-state index is 0.0197. The van der Waals surface area contributed by atoms with Crippen molar-refractivity contribution in [1.29, 1.82) is 0 Å². The predicted octanol–water partition coefficient (Wildman–Crippen LogP) is -0.766. The van der Waals surface area contributed by atoms with Gasteiger partial charge in [-0.25, -0.2) is 0 Å². The summed E-state index contributed by atoms with van der Waals surface area (Å²) in [6.45, 7) is 4.02. The van der Waals surface area contributed by atoms with Gasteiger partial charge in [0.25, 0.3) is 0 Å². The molecule has 0 radical (unpaired) electrons. The van der Waals surface area contributed by atoms with Gasteiger partial charge in [0.05, 0.1) is 18.8 Å². The van der Waals surface area contributed by atoms with Gasteiger partial charge in [0.15, 0.2) is 0 Å². The van der Waals surface area contributed by atoms with Crippen molar-refractivity contribution in [3.63, 3.8) is 0 Å². The molecule has 0 bridgehead atoms. The number of piperidine rings is 1. The van der Waals surface area contributed by atoms with Gasteiger partial charge in [-0.15, -0.1) is 0 Å². The number of nitrogens with one attached hydrogen (secondary N) is 2. The Morgan fingerprint density at radius 2 is 2.12 bits per heavy atom. The van der Waals surface area contributed by atoms with E-state index >= 15 is 0 Å². The minimum atomic E-state index is -0.912. The molecule has 0 aromatic heterocycles. The third kappa shape index (κ3) is 3.43. The first kappa shape index (κ1) is 13.4. The van der Waals surface area contributed by atoms with Gasteiger partial charge >= 0.3 is 0 Å². The first-order chi connectivity index (χ1) is 7.50. The summed E-state index contributed by atoms with van der Waals surface area (Å²) < 4.78 is 0. The number of aliphatic hydroxyl groups excluding tert-OH is 2. The topological polar surface area (TPSA) is 81.6 Å². The average molecular weight is 230 g/mol. The van der Waals surface area contributed by atoms with E-state index < -0.39 is 5.54 Å². The number of carbonyl (C=O) groups excluding carboxylic acids is 1. The molecule has 0 saturated carbocycles. The molecule has 1 aliphatic heterocycles. The van der Waals surface area contributed by atoms with Gasteiger partial charge in [-0.2, -0.15) is 0 Å². The van der Waals surface area contributed by atoms with E-state index in [9.17, 15) is 4.79 Å². The Hall–Kier alpha value is -0.650. The molecule has 1 rings (SSSR count). The van der Waals surface area contributed by atoms with Gasteiger partial charge < -0.3 is 20.8 Å². The van der Waals surface area contributed by atoms with E-state index in [4.69, 9.17) is 10.2 Å². The molecule has 0 spiro atoms. The molecule has 1 heterocycles. The Morgan fingerprint density at radius 3 is 2.62 bits per heavy atom. The van der Waals surface area contributed by atoms with E-state index in [1.54, 1.807) is 6.92 Å². The second-order valence-corrected chi connectivity index (χ2v) is 4.94. The van der Waals surface area contributed by atoms with Crippen molar-refractivity contribution in [2.75, 3.05) is 19.8 Å². The summed E-state index contributed by atoms with van der Waals surface area (Å²) in [6.07, 6.45) is 1.61. The SMILES string of the molecule is CC1CC(C(=O)NC(C)(CO)CO)CCN1. The largest absolute Gasteiger partial charge is 0.394 e. The average Bonchev–Trinajstić information content (AvgIpc) is 2.29. The molecule has 1 saturated heterocycles. The molecule has 94 valence electrons. The van der Waals surface area contributed by atoms with Gasteiger partial charge in [-0.3, -0.25) is 4.79 Å². The van der Waals surface area contributed by atoms with Gasteiger partial charge in [-0.1, -0.05) is 0 Å². The molecule has 0 aromatic rings. The molecule has 5 nitrogen and oxygen atoms in total. The molecular weight excluding hydrogens is 208 g/mol. The molecule has 4 N–H and O–H groups in total. The highest BCUT2D eigenvalue weighted by Crippen LogP contribution is 2.17. The quantitative estimate of drug-likeness (QED) is 0.511. The van der Waals surface area contributed by atoms with Crippen LogP contribution in [0.15, 0.2) is 0 Å². The molecule has 2 atom stereocenters. The number of amides is 1. The maximum atomic E-state index is 11.9. The number of hydrogen-bond donors (Lipinski definition) is 4. The van der Waals surface area contributed by atoms with Crippen molar-refractivity contribution in [1.82, 2.24) is 10.6 Å². The molecule has 0 aromatic carbocycles. The van der Waals surface area contributed by atoms with Gasteiger partial charge in [0.1, 0.15) is 0 Å². The molecule has 0 aliphatic carbocycles. The fourth-order valence-electron chi connectivity index (χ4n) is 1.90. The highest BCUT2D eigenvalue weighted by Gasteiger charge is 2.30. The summed E-state index contributed by atoms with van der Waals surface area (Å²) in [7, 11) is 0. The van der Waals surface area contributed by atoms with Crippen LogP contribution in [0, 0.1) is 5.92 Å². The zero-order valence-corrected chi connectivity index (χ0v) is 9.99. The number of carbonyl (C=O) groups is 1. The van der Waals surface area contributed by atoms with E-state index in [2.05, 4.69) is 17.6 Å². The predicted molar refractivity (Wildman–Crippen MR) is 60.9 cm³/mol. The smallest absolute Gasteiger partial charge is 0.223 e. The molecule has 16 heavy (non-hydrogen) atoms.